The monoisotopic (exact) mass is 252 g/mol. The first-order valence-electron chi connectivity index (χ1n) is 6.35. The first-order chi connectivity index (χ1) is 8.15. The highest BCUT2D eigenvalue weighted by molar-refractivity contribution is 7.17. The van der Waals surface area contributed by atoms with Gasteiger partial charge < -0.3 is 4.90 Å². The van der Waals surface area contributed by atoms with Crippen molar-refractivity contribution in [2.45, 2.75) is 33.6 Å². The van der Waals surface area contributed by atoms with Gasteiger partial charge in [0.05, 0.1) is 10.6 Å². The molecule has 3 nitrogen and oxygen atoms in total. The van der Waals surface area contributed by atoms with Crippen molar-refractivity contribution in [3.63, 3.8) is 0 Å². The Balaban J connectivity index is 2.19. The normalized spacial score (nSPS) is 24.3. The number of nitrogens with zero attached hydrogens (tertiary/aromatic N) is 2. The van der Waals surface area contributed by atoms with E-state index in [2.05, 4.69) is 30.7 Å². The molecule has 0 bridgehead atoms. The highest BCUT2D eigenvalue weighted by Gasteiger charge is 2.28. The van der Waals surface area contributed by atoms with Crippen LogP contribution in [0.2, 0.25) is 0 Å². The lowest BCUT2D eigenvalue weighted by Crippen LogP contribution is -2.19. The van der Waals surface area contributed by atoms with Crippen LogP contribution < -0.4 is 4.90 Å². The minimum absolute atomic E-state index is 0.716. The molecule has 94 valence electrons. The molecule has 1 fully saturated rings. The van der Waals surface area contributed by atoms with E-state index in [1.807, 2.05) is 0 Å². The van der Waals surface area contributed by atoms with Gasteiger partial charge in [0.25, 0.3) is 0 Å². The summed E-state index contributed by atoms with van der Waals surface area (Å²) in [5, 5.41) is 1.03. The third-order valence-electron chi connectivity index (χ3n) is 3.57. The van der Waals surface area contributed by atoms with Crippen molar-refractivity contribution in [1.29, 1.82) is 0 Å². The number of anilines is 1. The molecule has 1 saturated heterocycles. The van der Waals surface area contributed by atoms with Gasteiger partial charge in [0, 0.05) is 13.1 Å². The molecule has 0 N–H and O–H groups in total. The molecule has 17 heavy (non-hydrogen) atoms. The number of aldehydes is 1. The lowest BCUT2D eigenvalue weighted by Gasteiger charge is -2.13. The molecule has 1 aliphatic heterocycles. The number of rotatable bonds is 4. The molecule has 2 heterocycles. The number of hydrogen-bond donors (Lipinski definition) is 0. The van der Waals surface area contributed by atoms with Gasteiger partial charge in [-0.15, -0.1) is 0 Å². The van der Waals surface area contributed by atoms with Crippen molar-refractivity contribution in [2.75, 3.05) is 18.0 Å². The van der Waals surface area contributed by atoms with E-state index in [0.29, 0.717) is 11.8 Å². The van der Waals surface area contributed by atoms with Crippen molar-refractivity contribution in [3.8, 4) is 0 Å². The van der Waals surface area contributed by atoms with Gasteiger partial charge >= 0.3 is 0 Å². The minimum Gasteiger partial charge on any atom is -0.348 e. The molecule has 2 atom stereocenters. The standard InChI is InChI=1S/C13H20N2OS/c1-4-5-11-12(8-16)17-13(14-11)15-6-9(2)10(3)7-15/h8-10H,4-7H2,1-3H3. The highest BCUT2D eigenvalue weighted by atomic mass is 32.1. The molecule has 0 amide bonds. The predicted molar refractivity (Wildman–Crippen MR) is 72.0 cm³/mol. The van der Waals surface area contributed by atoms with E-state index in [1.165, 1.54) is 0 Å². The summed E-state index contributed by atoms with van der Waals surface area (Å²) < 4.78 is 0. The van der Waals surface area contributed by atoms with Crippen molar-refractivity contribution < 1.29 is 4.79 Å². The van der Waals surface area contributed by atoms with Crippen LogP contribution in [-0.2, 0) is 6.42 Å². The summed E-state index contributed by atoms with van der Waals surface area (Å²) >= 11 is 1.55. The van der Waals surface area contributed by atoms with E-state index >= 15 is 0 Å². The molecule has 0 spiro atoms. The second-order valence-corrected chi connectivity index (χ2v) is 6.04. The van der Waals surface area contributed by atoms with Gasteiger partial charge in [0.2, 0.25) is 0 Å². The van der Waals surface area contributed by atoms with Crippen LogP contribution in [0.1, 0.15) is 42.6 Å². The number of carbonyl (C=O) groups excluding carboxylic acids is 1. The molecule has 4 heteroatoms. The summed E-state index contributed by atoms with van der Waals surface area (Å²) in [5.74, 6) is 1.43. The molecule has 1 aromatic heterocycles. The van der Waals surface area contributed by atoms with Gasteiger partial charge in [-0.2, -0.15) is 0 Å². The molecule has 1 aromatic rings. The Kier molecular flexibility index (Phi) is 3.82. The van der Waals surface area contributed by atoms with E-state index in [0.717, 1.165) is 47.9 Å². The topological polar surface area (TPSA) is 33.2 Å². The number of hydrogen-bond acceptors (Lipinski definition) is 4. The Morgan fingerprint density at radius 1 is 1.41 bits per heavy atom. The quantitative estimate of drug-likeness (QED) is 0.772. The molecule has 2 rings (SSSR count). The Hall–Kier alpha value is -0.900. The van der Waals surface area contributed by atoms with E-state index in [4.69, 9.17) is 0 Å². The predicted octanol–water partition coefficient (Wildman–Crippen LogP) is 3.00. The Morgan fingerprint density at radius 3 is 2.59 bits per heavy atom. The van der Waals surface area contributed by atoms with Gasteiger partial charge in [0.15, 0.2) is 11.4 Å². The van der Waals surface area contributed by atoms with E-state index in [9.17, 15) is 4.79 Å². The summed E-state index contributed by atoms with van der Waals surface area (Å²) in [5.41, 5.74) is 0.981. The SMILES string of the molecule is CCCc1nc(N2CC(C)C(C)C2)sc1C=O. The molecular formula is C13H20N2OS. The van der Waals surface area contributed by atoms with Crippen molar-refractivity contribution in [1.82, 2.24) is 4.98 Å². The zero-order valence-electron chi connectivity index (χ0n) is 10.8. The lowest BCUT2D eigenvalue weighted by molar-refractivity contribution is 0.112. The Morgan fingerprint density at radius 2 is 2.06 bits per heavy atom. The fourth-order valence-electron chi connectivity index (χ4n) is 2.28. The maximum absolute atomic E-state index is 11.0. The van der Waals surface area contributed by atoms with Crippen LogP contribution in [0.3, 0.4) is 0 Å². The van der Waals surface area contributed by atoms with Crippen LogP contribution in [0.25, 0.3) is 0 Å². The number of thiazole rings is 1. The smallest absolute Gasteiger partial charge is 0.186 e. The molecule has 0 aromatic carbocycles. The van der Waals surface area contributed by atoms with E-state index < -0.39 is 0 Å². The summed E-state index contributed by atoms with van der Waals surface area (Å²) in [6.45, 7) is 8.82. The molecule has 2 unspecified atom stereocenters. The largest absolute Gasteiger partial charge is 0.348 e. The van der Waals surface area contributed by atoms with Crippen LogP contribution in [-0.4, -0.2) is 24.4 Å². The van der Waals surface area contributed by atoms with Gasteiger partial charge in [0.1, 0.15) is 0 Å². The number of carbonyl (C=O) groups is 1. The molecular weight excluding hydrogens is 232 g/mol. The molecule has 0 aliphatic carbocycles. The van der Waals surface area contributed by atoms with Gasteiger partial charge in [-0.25, -0.2) is 4.98 Å². The fourth-order valence-corrected chi connectivity index (χ4v) is 3.22. The second kappa shape index (κ2) is 5.17. The zero-order chi connectivity index (χ0) is 12.4. The van der Waals surface area contributed by atoms with Crippen LogP contribution in [0.15, 0.2) is 0 Å². The zero-order valence-corrected chi connectivity index (χ0v) is 11.6. The molecule has 0 saturated carbocycles. The van der Waals surface area contributed by atoms with Crippen molar-refractivity contribution in [3.05, 3.63) is 10.6 Å². The minimum atomic E-state index is 0.716. The van der Waals surface area contributed by atoms with E-state index in [1.54, 1.807) is 11.3 Å². The summed E-state index contributed by atoms with van der Waals surface area (Å²) in [6.07, 6.45) is 2.90. The third kappa shape index (κ3) is 2.51. The average molecular weight is 252 g/mol. The maximum Gasteiger partial charge on any atom is 0.186 e. The first kappa shape index (κ1) is 12.6. The summed E-state index contributed by atoms with van der Waals surface area (Å²) in [6, 6.07) is 0. The van der Waals surface area contributed by atoms with Crippen molar-refractivity contribution in [2.24, 2.45) is 11.8 Å². The second-order valence-electron chi connectivity index (χ2n) is 5.03. The molecule has 1 aliphatic rings. The summed E-state index contributed by atoms with van der Waals surface area (Å²) in [7, 11) is 0. The summed E-state index contributed by atoms with van der Waals surface area (Å²) in [4.78, 5) is 18.8. The van der Waals surface area contributed by atoms with Crippen LogP contribution in [0, 0.1) is 11.8 Å². The van der Waals surface area contributed by atoms with Crippen LogP contribution in [0.4, 0.5) is 5.13 Å². The third-order valence-corrected chi connectivity index (χ3v) is 4.65. The number of aryl methyl sites for hydroxylation is 1. The number of aromatic nitrogens is 1. The highest BCUT2D eigenvalue weighted by Crippen LogP contribution is 2.32. The van der Waals surface area contributed by atoms with Crippen LogP contribution >= 0.6 is 11.3 Å². The van der Waals surface area contributed by atoms with Gasteiger partial charge in [-0.1, -0.05) is 38.5 Å². The van der Waals surface area contributed by atoms with Gasteiger partial charge in [-0.3, -0.25) is 4.79 Å². The molecule has 0 radical (unpaired) electrons. The average Bonchev–Trinajstić information content (AvgIpc) is 2.84. The Labute approximate surface area is 107 Å². The maximum atomic E-state index is 11.0. The first-order valence-corrected chi connectivity index (χ1v) is 7.17. The van der Waals surface area contributed by atoms with Crippen molar-refractivity contribution >= 4 is 22.8 Å². The fraction of sp³-hybridized carbons (Fsp3) is 0.692. The Bertz CT molecular complexity index is 392. The van der Waals surface area contributed by atoms with E-state index in [-0.39, 0.29) is 0 Å². The van der Waals surface area contributed by atoms with Crippen LogP contribution in [0.5, 0.6) is 0 Å². The van der Waals surface area contributed by atoms with Gasteiger partial charge in [-0.05, 0) is 18.3 Å². The lowest BCUT2D eigenvalue weighted by atomic mass is 10.0.